The SMILES string of the molecule is Cc1cc(C)c2nc(-c3cscn3)[nH]c2c1. The Kier molecular flexibility index (Phi) is 2.04. The Morgan fingerprint density at radius 1 is 1.25 bits per heavy atom. The van der Waals surface area contributed by atoms with E-state index in [1.165, 1.54) is 11.1 Å². The molecule has 1 aromatic carbocycles. The van der Waals surface area contributed by atoms with E-state index in [1.807, 2.05) is 10.9 Å². The van der Waals surface area contributed by atoms with E-state index in [4.69, 9.17) is 0 Å². The minimum Gasteiger partial charge on any atom is -0.337 e. The van der Waals surface area contributed by atoms with Crippen LogP contribution in [0.4, 0.5) is 0 Å². The second-order valence-electron chi connectivity index (χ2n) is 3.94. The number of H-pyrrole nitrogens is 1. The Bertz CT molecular complexity index is 638. The summed E-state index contributed by atoms with van der Waals surface area (Å²) in [4.78, 5) is 12.2. The highest BCUT2D eigenvalue weighted by Gasteiger charge is 2.08. The topological polar surface area (TPSA) is 41.6 Å². The number of hydrogen-bond donors (Lipinski definition) is 1. The number of nitrogens with zero attached hydrogens (tertiary/aromatic N) is 2. The maximum Gasteiger partial charge on any atom is 0.158 e. The first-order valence-corrected chi connectivity index (χ1v) is 6.04. The highest BCUT2D eigenvalue weighted by molar-refractivity contribution is 7.07. The molecular formula is C12H11N3S. The Balaban J connectivity index is 2.27. The van der Waals surface area contributed by atoms with Gasteiger partial charge >= 0.3 is 0 Å². The fraction of sp³-hybridized carbons (Fsp3) is 0.167. The maximum absolute atomic E-state index is 4.58. The fourth-order valence-electron chi connectivity index (χ4n) is 1.92. The minimum atomic E-state index is 0.852. The van der Waals surface area contributed by atoms with Crippen LogP contribution in [0.5, 0.6) is 0 Å². The van der Waals surface area contributed by atoms with Gasteiger partial charge in [0.2, 0.25) is 0 Å². The molecule has 0 saturated heterocycles. The van der Waals surface area contributed by atoms with Crippen molar-refractivity contribution in [1.82, 2.24) is 15.0 Å². The lowest BCUT2D eigenvalue weighted by Gasteiger charge is -1.96. The van der Waals surface area contributed by atoms with E-state index in [0.717, 1.165) is 22.6 Å². The number of aromatic amines is 1. The van der Waals surface area contributed by atoms with Crippen LogP contribution in [0.3, 0.4) is 0 Å². The van der Waals surface area contributed by atoms with Crippen molar-refractivity contribution in [2.24, 2.45) is 0 Å². The van der Waals surface area contributed by atoms with Crippen LogP contribution in [-0.2, 0) is 0 Å². The molecule has 3 aromatic rings. The summed E-state index contributed by atoms with van der Waals surface area (Å²) in [5.74, 6) is 0.852. The average Bonchev–Trinajstić information content (AvgIpc) is 2.82. The summed E-state index contributed by atoms with van der Waals surface area (Å²) >= 11 is 1.58. The molecule has 0 bridgehead atoms. The maximum atomic E-state index is 4.58. The zero-order chi connectivity index (χ0) is 11.1. The van der Waals surface area contributed by atoms with Crippen LogP contribution in [0.1, 0.15) is 11.1 Å². The van der Waals surface area contributed by atoms with Crippen LogP contribution < -0.4 is 0 Å². The van der Waals surface area contributed by atoms with Crippen molar-refractivity contribution in [3.05, 3.63) is 34.2 Å². The highest BCUT2D eigenvalue weighted by atomic mass is 32.1. The van der Waals surface area contributed by atoms with Gasteiger partial charge in [-0.25, -0.2) is 9.97 Å². The number of rotatable bonds is 1. The molecule has 0 unspecified atom stereocenters. The van der Waals surface area contributed by atoms with Crippen molar-refractivity contribution in [2.45, 2.75) is 13.8 Å². The van der Waals surface area contributed by atoms with Gasteiger partial charge < -0.3 is 4.98 Å². The van der Waals surface area contributed by atoms with Crippen molar-refractivity contribution in [3.8, 4) is 11.5 Å². The van der Waals surface area contributed by atoms with Crippen LogP contribution in [0, 0.1) is 13.8 Å². The Labute approximate surface area is 97.2 Å². The predicted molar refractivity (Wildman–Crippen MR) is 66.7 cm³/mol. The molecule has 0 atom stereocenters. The van der Waals surface area contributed by atoms with Gasteiger partial charge in [-0.3, -0.25) is 0 Å². The third-order valence-corrected chi connectivity index (χ3v) is 3.18. The molecule has 4 heteroatoms. The van der Waals surface area contributed by atoms with E-state index in [2.05, 4.69) is 40.9 Å². The highest BCUT2D eigenvalue weighted by Crippen LogP contribution is 2.23. The molecule has 3 rings (SSSR count). The van der Waals surface area contributed by atoms with Crippen molar-refractivity contribution in [3.63, 3.8) is 0 Å². The second-order valence-corrected chi connectivity index (χ2v) is 4.66. The van der Waals surface area contributed by atoms with Gasteiger partial charge in [-0.15, -0.1) is 11.3 Å². The normalized spacial score (nSPS) is 11.1. The lowest BCUT2D eigenvalue weighted by Crippen LogP contribution is -1.79. The van der Waals surface area contributed by atoms with Gasteiger partial charge in [0, 0.05) is 5.38 Å². The summed E-state index contributed by atoms with van der Waals surface area (Å²) in [7, 11) is 0. The number of imidazole rings is 1. The van der Waals surface area contributed by atoms with Gasteiger partial charge in [0.15, 0.2) is 5.82 Å². The van der Waals surface area contributed by atoms with Gasteiger partial charge in [0.1, 0.15) is 5.69 Å². The minimum absolute atomic E-state index is 0.852. The molecule has 0 fully saturated rings. The van der Waals surface area contributed by atoms with Crippen LogP contribution >= 0.6 is 11.3 Å². The zero-order valence-corrected chi connectivity index (χ0v) is 9.93. The van der Waals surface area contributed by atoms with Crippen molar-refractivity contribution in [1.29, 1.82) is 0 Å². The number of fused-ring (bicyclic) bond motifs is 1. The molecule has 0 radical (unpaired) electrons. The first-order chi connectivity index (χ1) is 7.74. The molecule has 2 heterocycles. The number of benzene rings is 1. The van der Waals surface area contributed by atoms with Crippen molar-refractivity contribution < 1.29 is 0 Å². The van der Waals surface area contributed by atoms with Crippen molar-refractivity contribution in [2.75, 3.05) is 0 Å². The van der Waals surface area contributed by atoms with Gasteiger partial charge in [0.25, 0.3) is 0 Å². The van der Waals surface area contributed by atoms with E-state index >= 15 is 0 Å². The van der Waals surface area contributed by atoms with Gasteiger partial charge in [-0.1, -0.05) is 6.07 Å². The molecule has 3 nitrogen and oxygen atoms in total. The molecule has 0 aliphatic heterocycles. The number of aromatic nitrogens is 3. The first-order valence-electron chi connectivity index (χ1n) is 5.09. The summed E-state index contributed by atoms with van der Waals surface area (Å²) < 4.78 is 0. The van der Waals surface area contributed by atoms with Gasteiger partial charge in [0.05, 0.1) is 16.5 Å². The molecule has 0 spiro atoms. The smallest absolute Gasteiger partial charge is 0.158 e. The van der Waals surface area contributed by atoms with Crippen LogP contribution in [-0.4, -0.2) is 15.0 Å². The van der Waals surface area contributed by atoms with Gasteiger partial charge in [-0.05, 0) is 31.0 Å². The lowest BCUT2D eigenvalue weighted by molar-refractivity contribution is 1.27. The van der Waals surface area contributed by atoms with E-state index in [9.17, 15) is 0 Å². The fourth-order valence-corrected chi connectivity index (χ4v) is 2.46. The molecule has 1 N–H and O–H groups in total. The van der Waals surface area contributed by atoms with E-state index < -0.39 is 0 Å². The summed E-state index contributed by atoms with van der Waals surface area (Å²) in [6.45, 7) is 4.18. The van der Waals surface area contributed by atoms with Crippen LogP contribution in [0.25, 0.3) is 22.6 Å². The summed E-state index contributed by atoms with van der Waals surface area (Å²) in [5, 5.41) is 2.00. The molecule has 16 heavy (non-hydrogen) atoms. The molecule has 0 aliphatic carbocycles. The molecular weight excluding hydrogens is 218 g/mol. The molecule has 2 aromatic heterocycles. The quantitative estimate of drug-likeness (QED) is 0.695. The Morgan fingerprint density at radius 2 is 2.12 bits per heavy atom. The number of thiazole rings is 1. The molecule has 0 saturated carbocycles. The third-order valence-electron chi connectivity index (χ3n) is 2.60. The monoisotopic (exact) mass is 229 g/mol. The Morgan fingerprint density at radius 3 is 2.88 bits per heavy atom. The lowest BCUT2D eigenvalue weighted by atomic mass is 10.1. The first kappa shape index (κ1) is 9.54. The third kappa shape index (κ3) is 1.42. The summed E-state index contributed by atoms with van der Waals surface area (Å²) in [6, 6.07) is 4.26. The number of aryl methyl sites for hydroxylation is 2. The molecule has 80 valence electrons. The van der Waals surface area contributed by atoms with Crippen LogP contribution in [0.15, 0.2) is 23.0 Å². The van der Waals surface area contributed by atoms with Crippen LogP contribution in [0.2, 0.25) is 0 Å². The van der Waals surface area contributed by atoms with E-state index in [0.29, 0.717) is 0 Å². The Hall–Kier alpha value is -1.68. The van der Waals surface area contributed by atoms with E-state index in [1.54, 1.807) is 11.3 Å². The number of hydrogen-bond acceptors (Lipinski definition) is 3. The average molecular weight is 229 g/mol. The number of nitrogens with one attached hydrogen (secondary N) is 1. The molecule has 0 aliphatic rings. The largest absolute Gasteiger partial charge is 0.337 e. The standard InChI is InChI=1S/C12H11N3S/c1-7-3-8(2)11-9(4-7)14-12(15-11)10-5-16-6-13-10/h3-6H,1-2H3,(H,14,15). The second kappa shape index (κ2) is 3.42. The van der Waals surface area contributed by atoms with Crippen molar-refractivity contribution >= 4 is 22.4 Å². The van der Waals surface area contributed by atoms with E-state index in [-0.39, 0.29) is 0 Å². The molecule has 0 amide bonds. The predicted octanol–water partition coefficient (Wildman–Crippen LogP) is 3.30. The zero-order valence-electron chi connectivity index (χ0n) is 9.11. The van der Waals surface area contributed by atoms with Gasteiger partial charge in [-0.2, -0.15) is 0 Å². The summed E-state index contributed by atoms with van der Waals surface area (Å²) in [5.41, 5.74) is 7.30. The summed E-state index contributed by atoms with van der Waals surface area (Å²) in [6.07, 6.45) is 0.